The van der Waals surface area contributed by atoms with Gasteiger partial charge in [-0.1, -0.05) is 30.3 Å². The lowest BCUT2D eigenvalue weighted by Crippen LogP contribution is -2.40. The van der Waals surface area contributed by atoms with Crippen molar-refractivity contribution in [2.45, 2.75) is 19.5 Å². The Bertz CT molecular complexity index is 972. The molecule has 2 aromatic rings. The average Bonchev–Trinajstić information content (AvgIpc) is 2.74. The van der Waals surface area contributed by atoms with Gasteiger partial charge in [0.15, 0.2) is 0 Å². The van der Waals surface area contributed by atoms with Crippen molar-refractivity contribution < 1.29 is 26.7 Å². The maximum Gasteiger partial charge on any atom is 0.387 e. The van der Waals surface area contributed by atoms with Crippen LogP contribution in [0.1, 0.15) is 18.4 Å². The third-order valence-corrected chi connectivity index (χ3v) is 6.33. The van der Waals surface area contributed by atoms with E-state index in [1.54, 1.807) is 6.08 Å². The summed E-state index contributed by atoms with van der Waals surface area (Å²) in [7, 11) is -3.56. The lowest BCUT2D eigenvalue weighted by molar-refractivity contribution is -0.120. The van der Waals surface area contributed by atoms with Crippen molar-refractivity contribution in [1.29, 1.82) is 0 Å². The monoisotopic (exact) mass is 436 g/mol. The smallest absolute Gasteiger partial charge is 0.387 e. The van der Waals surface area contributed by atoms with Crippen LogP contribution in [0.25, 0.3) is 6.08 Å². The molecule has 1 heterocycles. The van der Waals surface area contributed by atoms with Gasteiger partial charge < -0.3 is 10.1 Å². The molecule has 0 aromatic heterocycles. The molecule has 0 radical (unpaired) electrons. The zero-order chi connectivity index (χ0) is 21.6. The van der Waals surface area contributed by atoms with E-state index in [-0.39, 0.29) is 30.7 Å². The fourth-order valence-corrected chi connectivity index (χ4v) is 4.37. The van der Waals surface area contributed by atoms with Crippen LogP contribution in [0.5, 0.6) is 5.75 Å². The van der Waals surface area contributed by atoms with Crippen LogP contribution in [0, 0.1) is 5.92 Å². The number of amides is 1. The quantitative estimate of drug-likeness (QED) is 0.713. The highest BCUT2D eigenvalue weighted by Gasteiger charge is 2.30. The van der Waals surface area contributed by atoms with Crippen LogP contribution in [0.3, 0.4) is 0 Å². The van der Waals surface area contributed by atoms with Crippen LogP contribution in [0.15, 0.2) is 60.0 Å². The van der Waals surface area contributed by atoms with Gasteiger partial charge in [0.1, 0.15) is 5.75 Å². The molecule has 1 amide bonds. The summed E-state index contributed by atoms with van der Waals surface area (Å²) in [6, 6.07) is 14.8. The topological polar surface area (TPSA) is 75.7 Å². The van der Waals surface area contributed by atoms with Crippen LogP contribution < -0.4 is 10.1 Å². The summed E-state index contributed by atoms with van der Waals surface area (Å²) in [6.45, 7) is -2.41. The molecule has 0 aliphatic carbocycles. The van der Waals surface area contributed by atoms with E-state index in [4.69, 9.17) is 0 Å². The predicted molar refractivity (Wildman–Crippen MR) is 110 cm³/mol. The Balaban J connectivity index is 1.52. The van der Waals surface area contributed by atoms with Crippen LogP contribution in [0.4, 0.5) is 14.5 Å². The fraction of sp³-hybridized carbons (Fsp3) is 0.286. The highest BCUT2D eigenvalue weighted by Crippen LogP contribution is 2.23. The van der Waals surface area contributed by atoms with E-state index in [9.17, 15) is 22.0 Å². The largest absolute Gasteiger partial charge is 0.435 e. The Kier molecular flexibility index (Phi) is 7.17. The molecule has 0 saturated carbocycles. The Hall–Kier alpha value is -2.78. The van der Waals surface area contributed by atoms with Gasteiger partial charge in [-0.05, 0) is 48.7 Å². The van der Waals surface area contributed by atoms with E-state index in [1.807, 2.05) is 30.3 Å². The molecule has 1 aliphatic heterocycles. The fourth-order valence-electron chi connectivity index (χ4n) is 3.15. The molecular weight excluding hydrogens is 414 g/mol. The number of hydrogen-bond donors (Lipinski definition) is 1. The van der Waals surface area contributed by atoms with E-state index >= 15 is 0 Å². The SMILES string of the molecule is O=C(Nc1ccc(OC(F)F)cc1)C1CCN(S(=O)(=O)/C=C/c2ccccc2)CC1. The molecule has 160 valence electrons. The zero-order valence-corrected chi connectivity index (χ0v) is 16.9. The van der Waals surface area contributed by atoms with Gasteiger partial charge in [-0.25, -0.2) is 8.42 Å². The number of sulfonamides is 1. The number of hydrogen-bond acceptors (Lipinski definition) is 4. The summed E-state index contributed by atoms with van der Waals surface area (Å²) >= 11 is 0. The standard InChI is InChI=1S/C21H22F2N2O4S/c22-21(23)29-19-8-6-18(7-9-19)24-20(26)17-10-13-25(14-11-17)30(27,28)15-12-16-4-2-1-3-5-16/h1-9,12,15,17,21H,10-11,13-14H2,(H,24,26)/b15-12+. The second-order valence-electron chi connectivity index (χ2n) is 6.82. The molecule has 1 N–H and O–H groups in total. The van der Waals surface area contributed by atoms with Gasteiger partial charge in [0.2, 0.25) is 15.9 Å². The summed E-state index contributed by atoms with van der Waals surface area (Å²) in [5.74, 6) is -0.550. The first-order chi connectivity index (χ1) is 14.3. The van der Waals surface area contributed by atoms with Gasteiger partial charge in [0.25, 0.3) is 0 Å². The molecule has 1 fully saturated rings. The second-order valence-corrected chi connectivity index (χ2v) is 8.64. The van der Waals surface area contributed by atoms with Gasteiger partial charge in [-0.15, -0.1) is 0 Å². The molecular formula is C21H22F2N2O4S. The predicted octanol–water partition coefficient (Wildman–Crippen LogP) is 3.94. The summed E-state index contributed by atoms with van der Waals surface area (Å²) in [5.41, 5.74) is 1.25. The molecule has 0 spiro atoms. The van der Waals surface area contributed by atoms with Crippen molar-refractivity contribution in [3.05, 3.63) is 65.6 Å². The normalized spacial score (nSPS) is 16.1. The Morgan fingerprint density at radius 1 is 1.07 bits per heavy atom. The summed E-state index contributed by atoms with van der Waals surface area (Å²) in [4.78, 5) is 12.5. The Morgan fingerprint density at radius 2 is 1.70 bits per heavy atom. The first kappa shape index (κ1) is 21.9. The number of anilines is 1. The van der Waals surface area contributed by atoms with Gasteiger partial charge >= 0.3 is 6.61 Å². The third kappa shape index (κ3) is 6.11. The van der Waals surface area contributed by atoms with Crippen molar-refractivity contribution in [3.8, 4) is 5.75 Å². The summed E-state index contributed by atoms with van der Waals surface area (Å²) < 4.78 is 55.0. The molecule has 2 aromatic carbocycles. The van der Waals surface area contributed by atoms with Crippen LogP contribution in [0.2, 0.25) is 0 Å². The average molecular weight is 436 g/mol. The summed E-state index contributed by atoms with van der Waals surface area (Å²) in [5, 5.41) is 3.91. The van der Waals surface area contributed by atoms with Crippen molar-refractivity contribution >= 4 is 27.7 Å². The number of ether oxygens (including phenoxy) is 1. The highest BCUT2D eigenvalue weighted by atomic mass is 32.2. The van der Waals surface area contributed by atoms with E-state index in [0.717, 1.165) is 5.56 Å². The van der Waals surface area contributed by atoms with Crippen molar-refractivity contribution in [3.63, 3.8) is 0 Å². The lowest BCUT2D eigenvalue weighted by Gasteiger charge is -2.29. The number of nitrogens with zero attached hydrogens (tertiary/aromatic N) is 1. The van der Waals surface area contributed by atoms with Gasteiger partial charge in [-0.2, -0.15) is 13.1 Å². The molecule has 1 saturated heterocycles. The molecule has 1 aliphatic rings. The molecule has 0 bridgehead atoms. The van der Waals surface area contributed by atoms with Crippen LogP contribution in [-0.2, 0) is 14.8 Å². The first-order valence-corrected chi connectivity index (χ1v) is 10.9. The number of carbonyl (C=O) groups is 1. The molecule has 9 heteroatoms. The third-order valence-electron chi connectivity index (χ3n) is 4.76. The number of rotatable bonds is 7. The van der Waals surface area contributed by atoms with Gasteiger partial charge in [-0.3, -0.25) is 4.79 Å². The molecule has 0 unspecified atom stereocenters. The maximum atomic E-state index is 12.5. The zero-order valence-electron chi connectivity index (χ0n) is 16.1. The number of carbonyl (C=O) groups excluding carboxylic acids is 1. The van der Waals surface area contributed by atoms with Crippen molar-refractivity contribution in [2.24, 2.45) is 5.92 Å². The molecule has 0 atom stereocenters. The van der Waals surface area contributed by atoms with Crippen molar-refractivity contribution in [2.75, 3.05) is 18.4 Å². The minimum atomic E-state index is -3.56. The number of benzene rings is 2. The van der Waals surface area contributed by atoms with Crippen LogP contribution >= 0.6 is 0 Å². The van der Waals surface area contributed by atoms with E-state index in [2.05, 4.69) is 10.1 Å². The first-order valence-electron chi connectivity index (χ1n) is 9.42. The number of piperidine rings is 1. The number of halogens is 2. The van der Waals surface area contributed by atoms with E-state index in [1.165, 1.54) is 34.0 Å². The van der Waals surface area contributed by atoms with Gasteiger partial charge in [0.05, 0.1) is 0 Å². The number of nitrogens with one attached hydrogen (secondary N) is 1. The number of alkyl halides is 2. The van der Waals surface area contributed by atoms with Gasteiger partial charge in [0, 0.05) is 30.1 Å². The maximum absolute atomic E-state index is 12.5. The molecule has 3 rings (SSSR count). The molecule has 30 heavy (non-hydrogen) atoms. The minimum absolute atomic E-state index is 0.00470. The lowest BCUT2D eigenvalue weighted by atomic mass is 9.97. The highest BCUT2D eigenvalue weighted by molar-refractivity contribution is 7.92. The van der Waals surface area contributed by atoms with E-state index in [0.29, 0.717) is 18.5 Å². The molecule has 6 nitrogen and oxygen atoms in total. The van der Waals surface area contributed by atoms with Crippen LogP contribution in [-0.4, -0.2) is 38.3 Å². The van der Waals surface area contributed by atoms with E-state index < -0.39 is 16.6 Å². The summed E-state index contributed by atoms with van der Waals surface area (Å²) in [6.07, 6.45) is 2.35. The minimum Gasteiger partial charge on any atom is -0.435 e. The Morgan fingerprint density at radius 3 is 2.30 bits per heavy atom. The van der Waals surface area contributed by atoms with Crippen molar-refractivity contribution in [1.82, 2.24) is 4.31 Å². The Labute approximate surface area is 174 Å². The second kappa shape index (κ2) is 9.82.